The maximum atomic E-state index is 12.7. The average molecular weight is 317 g/mol. The van der Waals surface area contributed by atoms with Gasteiger partial charge in [-0.05, 0) is 30.7 Å². The van der Waals surface area contributed by atoms with E-state index in [1.54, 1.807) is 0 Å². The maximum Gasteiger partial charge on any atom is 0.335 e. The molecular formula is C16H15NO6. The summed E-state index contributed by atoms with van der Waals surface area (Å²) in [5.41, 5.74) is 0.390. The lowest BCUT2D eigenvalue weighted by Gasteiger charge is -2.29. The lowest BCUT2D eigenvalue weighted by atomic mass is 9.78. The van der Waals surface area contributed by atoms with Gasteiger partial charge in [0.15, 0.2) is 0 Å². The van der Waals surface area contributed by atoms with Crippen molar-refractivity contribution in [3.05, 3.63) is 29.8 Å². The van der Waals surface area contributed by atoms with Gasteiger partial charge in [-0.25, -0.2) is 4.79 Å². The highest BCUT2D eigenvalue weighted by molar-refractivity contribution is 6.22. The summed E-state index contributed by atoms with van der Waals surface area (Å²) in [4.78, 5) is 37.3. The van der Waals surface area contributed by atoms with Gasteiger partial charge in [0.1, 0.15) is 0 Å². The van der Waals surface area contributed by atoms with Crippen LogP contribution in [-0.4, -0.2) is 45.3 Å². The van der Waals surface area contributed by atoms with Crippen molar-refractivity contribution in [1.82, 2.24) is 0 Å². The molecule has 3 fully saturated rings. The number of carboxylic acid groups (broad SMARTS) is 1. The van der Waals surface area contributed by atoms with Crippen molar-refractivity contribution in [2.75, 3.05) is 4.90 Å². The molecule has 0 aromatic heterocycles. The Labute approximate surface area is 131 Å². The highest BCUT2D eigenvalue weighted by Crippen LogP contribution is 2.56. The number of benzene rings is 1. The largest absolute Gasteiger partial charge is 0.478 e. The van der Waals surface area contributed by atoms with E-state index in [2.05, 4.69) is 0 Å². The van der Waals surface area contributed by atoms with Crippen LogP contribution in [0.2, 0.25) is 0 Å². The van der Waals surface area contributed by atoms with Crippen molar-refractivity contribution in [1.29, 1.82) is 0 Å². The number of hydrogen-bond acceptors (Lipinski definition) is 5. The standard InChI is InChI=1S/C16H15NO6/c18-12-8-5-9(13(12)19)11-10(8)14(20)17(15(11)21)7-3-1-6(2-4-7)16(22)23/h1-4,8-13,18-19H,5H2,(H,22,23)/t8-,9+,10-,11-,12-,13+/m0/s1. The van der Waals surface area contributed by atoms with Crippen molar-refractivity contribution in [2.45, 2.75) is 18.6 Å². The van der Waals surface area contributed by atoms with Crippen LogP contribution in [0.25, 0.3) is 0 Å². The molecule has 7 heteroatoms. The Morgan fingerprint density at radius 2 is 1.43 bits per heavy atom. The van der Waals surface area contributed by atoms with Gasteiger partial charge in [-0.3, -0.25) is 14.5 Å². The van der Waals surface area contributed by atoms with Crippen molar-refractivity contribution >= 4 is 23.5 Å². The number of imide groups is 1. The lowest BCUT2D eigenvalue weighted by Crippen LogP contribution is -2.43. The predicted octanol–water partition coefficient (Wildman–Crippen LogP) is -0.138. The van der Waals surface area contributed by atoms with Crippen LogP contribution in [0.15, 0.2) is 24.3 Å². The fraction of sp³-hybridized carbons (Fsp3) is 0.438. The highest BCUT2D eigenvalue weighted by Gasteiger charge is 2.67. The molecule has 3 aliphatic rings. The second-order valence-corrected chi connectivity index (χ2v) is 6.46. The zero-order chi connectivity index (χ0) is 16.5. The van der Waals surface area contributed by atoms with Crippen LogP contribution in [0.4, 0.5) is 5.69 Å². The second-order valence-electron chi connectivity index (χ2n) is 6.46. The summed E-state index contributed by atoms with van der Waals surface area (Å²) in [6.07, 6.45) is -1.44. The summed E-state index contributed by atoms with van der Waals surface area (Å²) < 4.78 is 0. The highest BCUT2D eigenvalue weighted by atomic mass is 16.4. The molecule has 2 saturated carbocycles. The molecule has 2 bridgehead atoms. The molecule has 0 spiro atoms. The molecule has 1 saturated heterocycles. The summed E-state index contributed by atoms with van der Waals surface area (Å²) >= 11 is 0. The number of carboxylic acids is 1. The smallest absolute Gasteiger partial charge is 0.335 e. The summed E-state index contributed by atoms with van der Waals surface area (Å²) in [5, 5.41) is 28.9. The molecule has 1 aromatic carbocycles. The molecule has 2 aliphatic carbocycles. The van der Waals surface area contributed by atoms with Crippen LogP contribution in [0.3, 0.4) is 0 Å². The Morgan fingerprint density at radius 3 is 1.87 bits per heavy atom. The molecule has 6 atom stereocenters. The monoisotopic (exact) mass is 317 g/mol. The molecule has 2 amide bonds. The summed E-state index contributed by atoms with van der Waals surface area (Å²) in [5.74, 6) is -3.80. The van der Waals surface area contributed by atoms with E-state index in [-0.39, 0.29) is 29.2 Å². The number of carbonyl (C=O) groups excluding carboxylic acids is 2. The van der Waals surface area contributed by atoms with Gasteiger partial charge >= 0.3 is 5.97 Å². The van der Waals surface area contributed by atoms with E-state index in [9.17, 15) is 24.6 Å². The van der Waals surface area contributed by atoms with Crippen molar-refractivity contribution < 1.29 is 29.7 Å². The number of aliphatic hydroxyl groups is 2. The number of amides is 2. The minimum absolute atomic E-state index is 0.0685. The molecule has 0 unspecified atom stereocenters. The summed E-state index contributed by atoms with van der Waals surface area (Å²) in [7, 11) is 0. The van der Waals surface area contributed by atoms with Gasteiger partial charge in [0.05, 0.1) is 35.3 Å². The fourth-order valence-corrected chi connectivity index (χ4v) is 4.44. The first kappa shape index (κ1) is 14.3. The van der Waals surface area contributed by atoms with Crippen LogP contribution < -0.4 is 4.90 Å². The SMILES string of the molecule is O=C(O)c1ccc(N2C(=O)[C@H]3[C@@H]4C[C@@H]([C@@H](O)[C@H]4O)[C@@H]3C2=O)cc1. The van der Waals surface area contributed by atoms with Crippen LogP contribution in [0.5, 0.6) is 0 Å². The predicted molar refractivity (Wildman–Crippen MR) is 76.5 cm³/mol. The Kier molecular flexibility index (Phi) is 2.88. The van der Waals surface area contributed by atoms with E-state index in [4.69, 9.17) is 5.11 Å². The molecule has 3 N–H and O–H groups in total. The third-order valence-corrected chi connectivity index (χ3v) is 5.46. The number of aliphatic hydroxyl groups excluding tert-OH is 2. The van der Waals surface area contributed by atoms with Crippen LogP contribution in [0.1, 0.15) is 16.8 Å². The van der Waals surface area contributed by atoms with E-state index in [0.29, 0.717) is 12.1 Å². The molecule has 23 heavy (non-hydrogen) atoms. The average Bonchev–Trinajstić information content (AvgIpc) is 3.12. The molecular weight excluding hydrogens is 302 g/mol. The first-order chi connectivity index (χ1) is 10.9. The van der Waals surface area contributed by atoms with Gasteiger partial charge in [0.25, 0.3) is 0 Å². The van der Waals surface area contributed by atoms with Gasteiger partial charge in [-0.1, -0.05) is 0 Å². The summed E-state index contributed by atoms with van der Waals surface area (Å²) in [6, 6.07) is 5.53. The molecule has 4 rings (SSSR count). The quantitative estimate of drug-likeness (QED) is 0.654. The molecule has 1 aromatic rings. The van der Waals surface area contributed by atoms with Gasteiger partial charge in [0, 0.05) is 11.8 Å². The first-order valence-corrected chi connectivity index (χ1v) is 7.49. The Hall–Kier alpha value is -2.25. The van der Waals surface area contributed by atoms with Gasteiger partial charge in [0.2, 0.25) is 11.8 Å². The number of carbonyl (C=O) groups is 3. The number of anilines is 1. The van der Waals surface area contributed by atoms with Crippen LogP contribution in [-0.2, 0) is 9.59 Å². The molecule has 1 heterocycles. The first-order valence-electron chi connectivity index (χ1n) is 7.49. The summed E-state index contributed by atoms with van der Waals surface area (Å²) in [6.45, 7) is 0. The minimum Gasteiger partial charge on any atom is -0.478 e. The number of aromatic carboxylic acids is 1. The van der Waals surface area contributed by atoms with Crippen LogP contribution in [0, 0.1) is 23.7 Å². The number of fused-ring (bicyclic) bond motifs is 5. The van der Waals surface area contributed by atoms with Gasteiger partial charge < -0.3 is 15.3 Å². The van der Waals surface area contributed by atoms with Crippen LogP contribution >= 0.6 is 0 Å². The third-order valence-electron chi connectivity index (χ3n) is 5.46. The normalized spacial score (nSPS) is 38.3. The fourth-order valence-electron chi connectivity index (χ4n) is 4.44. The van der Waals surface area contributed by atoms with Gasteiger partial charge in [-0.2, -0.15) is 0 Å². The Bertz CT molecular complexity index is 682. The minimum atomic E-state index is -1.09. The number of nitrogens with zero attached hydrogens (tertiary/aromatic N) is 1. The Balaban J connectivity index is 1.68. The van der Waals surface area contributed by atoms with Crippen molar-refractivity contribution in [3.63, 3.8) is 0 Å². The van der Waals surface area contributed by atoms with Crippen molar-refractivity contribution in [2.24, 2.45) is 23.7 Å². The van der Waals surface area contributed by atoms with E-state index in [1.165, 1.54) is 24.3 Å². The topological polar surface area (TPSA) is 115 Å². The zero-order valence-electron chi connectivity index (χ0n) is 12.0. The zero-order valence-corrected chi connectivity index (χ0v) is 12.0. The molecule has 0 radical (unpaired) electrons. The van der Waals surface area contributed by atoms with Gasteiger partial charge in [-0.15, -0.1) is 0 Å². The number of rotatable bonds is 2. The number of hydrogen-bond donors (Lipinski definition) is 3. The van der Waals surface area contributed by atoms with E-state index in [1.807, 2.05) is 0 Å². The lowest BCUT2D eigenvalue weighted by molar-refractivity contribution is -0.129. The van der Waals surface area contributed by atoms with E-state index in [0.717, 1.165) is 4.90 Å². The Morgan fingerprint density at radius 1 is 0.957 bits per heavy atom. The third kappa shape index (κ3) is 1.74. The van der Waals surface area contributed by atoms with E-state index >= 15 is 0 Å². The molecule has 120 valence electrons. The molecule has 7 nitrogen and oxygen atoms in total. The molecule has 1 aliphatic heterocycles. The maximum absolute atomic E-state index is 12.7. The van der Waals surface area contributed by atoms with Crippen molar-refractivity contribution in [3.8, 4) is 0 Å². The van der Waals surface area contributed by atoms with E-state index < -0.39 is 30.0 Å². The second kappa shape index (κ2) is 4.62.